The highest BCUT2D eigenvalue weighted by Crippen LogP contribution is 2.30. The number of amides is 1. The van der Waals surface area contributed by atoms with Gasteiger partial charge in [0.25, 0.3) is 0 Å². The lowest BCUT2D eigenvalue weighted by molar-refractivity contribution is -0.120. The molecule has 0 aliphatic carbocycles. The van der Waals surface area contributed by atoms with Crippen LogP contribution in [-0.2, 0) is 21.1 Å². The van der Waals surface area contributed by atoms with Crippen molar-refractivity contribution in [3.63, 3.8) is 0 Å². The molecular weight excluding hydrogens is 351 g/mol. The van der Waals surface area contributed by atoms with Crippen molar-refractivity contribution in [2.24, 2.45) is 0 Å². The number of hydrogen-bond donors (Lipinski definition) is 1. The van der Waals surface area contributed by atoms with Crippen molar-refractivity contribution in [2.75, 3.05) is 11.5 Å². The third-order valence-corrected chi connectivity index (χ3v) is 6.87. The molecule has 0 saturated carbocycles. The van der Waals surface area contributed by atoms with Gasteiger partial charge in [-0.05, 0) is 25.5 Å². The first-order valence-electron chi connectivity index (χ1n) is 7.55. The Morgan fingerprint density at radius 2 is 2.17 bits per heavy atom. The minimum Gasteiger partial charge on any atom is -0.352 e. The van der Waals surface area contributed by atoms with E-state index >= 15 is 0 Å². The molecule has 1 amide bonds. The van der Waals surface area contributed by atoms with E-state index in [1.807, 2.05) is 0 Å². The molecule has 1 saturated heterocycles. The summed E-state index contributed by atoms with van der Waals surface area (Å²) in [6, 6.07) is 6.06. The number of nitrogens with one attached hydrogen (secondary N) is 1. The number of aromatic nitrogens is 1. The maximum Gasteiger partial charge on any atom is 0.225 e. The molecule has 128 valence electrons. The van der Waals surface area contributed by atoms with E-state index in [1.54, 1.807) is 25.1 Å². The topological polar surface area (TPSA) is 76.1 Å². The van der Waals surface area contributed by atoms with Crippen LogP contribution in [-0.4, -0.2) is 36.9 Å². The summed E-state index contributed by atoms with van der Waals surface area (Å²) >= 11 is 1.28. The summed E-state index contributed by atoms with van der Waals surface area (Å²) in [6.07, 6.45) is 0.574. The van der Waals surface area contributed by atoms with E-state index in [2.05, 4.69) is 10.3 Å². The molecule has 1 aliphatic heterocycles. The fraction of sp³-hybridized carbons (Fsp3) is 0.375. The van der Waals surface area contributed by atoms with E-state index < -0.39 is 9.84 Å². The lowest BCUT2D eigenvalue weighted by atomic mass is 10.2. The Labute approximate surface area is 143 Å². The van der Waals surface area contributed by atoms with Crippen LogP contribution in [0.1, 0.15) is 17.0 Å². The Morgan fingerprint density at radius 3 is 2.83 bits per heavy atom. The molecule has 1 atom stereocenters. The maximum atomic E-state index is 13.9. The first-order valence-corrected chi connectivity index (χ1v) is 10.2. The van der Waals surface area contributed by atoms with Crippen LogP contribution >= 0.6 is 11.3 Å². The number of carbonyl (C=O) groups is 1. The van der Waals surface area contributed by atoms with Gasteiger partial charge in [-0.25, -0.2) is 17.8 Å². The smallest absolute Gasteiger partial charge is 0.225 e. The molecule has 1 N–H and O–H groups in total. The van der Waals surface area contributed by atoms with E-state index in [-0.39, 0.29) is 35.7 Å². The molecule has 0 spiro atoms. The second-order valence-corrected chi connectivity index (χ2v) is 9.16. The highest BCUT2D eigenvalue weighted by atomic mass is 32.2. The van der Waals surface area contributed by atoms with E-state index in [9.17, 15) is 17.6 Å². The van der Waals surface area contributed by atoms with Crippen molar-refractivity contribution in [1.82, 2.24) is 10.3 Å². The summed E-state index contributed by atoms with van der Waals surface area (Å²) < 4.78 is 36.7. The number of thiazole rings is 1. The van der Waals surface area contributed by atoms with Gasteiger partial charge < -0.3 is 5.32 Å². The second kappa shape index (κ2) is 6.60. The molecule has 0 bridgehead atoms. The quantitative estimate of drug-likeness (QED) is 0.897. The number of rotatable bonds is 4. The summed E-state index contributed by atoms with van der Waals surface area (Å²) in [5.74, 6) is -0.460. The number of hydrogen-bond acceptors (Lipinski definition) is 5. The van der Waals surface area contributed by atoms with Gasteiger partial charge in [-0.3, -0.25) is 4.79 Å². The van der Waals surface area contributed by atoms with Crippen molar-refractivity contribution in [3.05, 3.63) is 40.7 Å². The maximum absolute atomic E-state index is 13.9. The van der Waals surface area contributed by atoms with Crippen LogP contribution in [0.2, 0.25) is 0 Å². The Balaban J connectivity index is 1.70. The Bertz CT molecular complexity index is 877. The minimum absolute atomic E-state index is 0.000882. The highest BCUT2D eigenvalue weighted by Gasteiger charge is 2.29. The highest BCUT2D eigenvalue weighted by molar-refractivity contribution is 7.91. The predicted octanol–water partition coefficient (Wildman–Crippen LogP) is 2.10. The standard InChI is InChI=1S/C16H17FN2O3S2/c1-10-14(8-15(20)19-11-6-7-24(21,22)9-11)23-16(18-10)12-4-2-3-5-13(12)17/h2-5,11H,6-9H2,1H3,(H,19,20). The van der Waals surface area contributed by atoms with Gasteiger partial charge in [-0.15, -0.1) is 11.3 Å². The zero-order valence-electron chi connectivity index (χ0n) is 13.1. The first kappa shape index (κ1) is 17.0. The number of carbonyl (C=O) groups excluding carboxylic acids is 1. The molecule has 1 aromatic heterocycles. The number of aryl methyl sites for hydroxylation is 1. The summed E-state index contributed by atoms with van der Waals surface area (Å²) in [5, 5.41) is 3.30. The van der Waals surface area contributed by atoms with Crippen LogP contribution in [0, 0.1) is 12.7 Å². The number of benzene rings is 1. The molecule has 1 unspecified atom stereocenters. The molecule has 24 heavy (non-hydrogen) atoms. The lowest BCUT2D eigenvalue weighted by Crippen LogP contribution is -2.36. The van der Waals surface area contributed by atoms with Crippen molar-refractivity contribution in [3.8, 4) is 10.6 Å². The second-order valence-electron chi connectivity index (χ2n) is 5.85. The van der Waals surface area contributed by atoms with Crippen molar-refractivity contribution < 1.29 is 17.6 Å². The average Bonchev–Trinajstić information content (AvgIpc) is 3.02. The molecule has 3 rings (SSSR count). The van der Waals surface area contributed by atoms with Crippen molar-refractivity contribution >= 4 is 27.1 Å². The summed E-state index contributed by atoms with van der Waals surface area (Å²) in [6.45, 7) is 1.78. The van der Waals surface area contributed by atoms with Crippen LogP contribution in [0.25, 0.3) is 10.6 Å². The van der Waals surface area contributed by atoms with Gasteiger partial charge in [-0.1, -0.05) is 12.1 Å². The number of halogens is 1. The van der Waals surface area contributed by atoms with Crippen LogP contribution in [0.3, 0.4) is 0 Å². The third-order valence-electron chi connectivity index (χ3n) is 3.92. The van der Waals surface area contributed by atoms with Gasteiger partial charge in [0.2, 0.25) is 5.91 Å². The fourth-order valence-electron chi connectivity index (χ4n) is 2.68. The zero-order valence-corrected chi connectivity index (χ0v) is 14.7. The lowest BCUT2D eigenvalue weighted by Gasteiger charge is -2.10. The monoisotopic (exact) mass is 368 g/mol. The molecule has 1 aromatic carbocycles. The molecule has 1 aliphatic rings. The Hall–Kier alpha value is -1.80. The first-order chi connectivity index (χ1) is 11.3. The van der Waals surface area contributed by atoms with E-state index in [4.69, 9.17) is 0 Å². The molecule has 2 heterocycles. The Kier molecular flexibility index (Phi) is 4.69. The number of sulfone groups is 1. The van der Waals surface area contributed by atoms with Crippen LogP contribution in [0.5, 0.6) is 0 Å². The molecule has 5 nitrogen and oxygen atoms in total. The third kappa shape index (κ3) is 3.81. The Morgan fingerprint density at radius 1 is 1.42 bits per heavy atom. The average molecular weight is 368 g/mol. The normalized spacial score (nSPS) is 19.3. The van der Waals surface area contributed by atoms with Gasteiger partial charge in [0.15, 0.2) is 9.84 Å². The van der Waals surface area contributed by atoms with Crippen LogP contribution in [0.4, 0.5) is 4.39 Å². The van der Waals surface area contributed by atoms with Crippen molar-refractivity contribution in [1.29, 1.82) is 0 Å². The van der Waals surface area contributed by atoms with Crippen LogP contribution < -0.4 is 5.32 Å². The predicted molar refractivity (Wildman–Crippen MR) is 91.2 cm³/mol. The number of nitrogens with zero attached hydrogens (tertiary/aromatic N) is 1. The van der Waals surface area contributed by atoms with E-state index in [0.29, 0.717) is 22.7 Å². The van der Waals surface area contributed by atoms with E-state index in [1.165, 1.54) is 17.4 Å². The van der Waals surface area contributed by atoms with E-state index in [0.717, 1.165) is 4.88 Å². The fourth-order valence-corrected chi connectivity index (χ4v) is 5.44. The van der Waals surface area contributed by atoms with Gasteiger partial charge in [-0.2, -0.15) is 0 Å². The summed E-state index contributed by atoms with van der Waals surface area (Å²) in [7, 11) is -3.02. The molecule has 1 fully saturated rings. The molecule has 8 heteroatoms. The summed E-state index contributed by atoms with van der Waals surface area (Å²) in [4.78, 5) is 17.3. The van der Waals surface area contributed by atoms with Crippen LogP contribution in [0.15, 0.2) is 24.3 Å². The zero-order chi connectivity index (χ0) is 17.3. The molecule has 2 aromatic rings. The van der Waals surface area contributed by atoms with Gasteiger partial charge in [0.1, 0.15) is 10.8 Å². The van der Waals surface area contributed by atoms with Gasteiger partial charge in [0.05, 0.1) is 23.6 Å². The summed E-state index contributed by atoms with van der Waals surface area (Å²) in [5.41, 5.74) is 1.10. The molecular formula is C16H17FN2O3S2. The minimum atomic E-state index is -3.02. The van der Waals surface area contributed by atoms with Gasteiger partial charge >= 0.3 is 0 Å². The van der Waals surface area contributed by atoms with Gasteiger partial charge in [0, 0.05) is 16.5 Å². The SMILES string of the molecule is Cc1nc(-c2ccccc2F)sc1CC(=O)NC1CCS(=O)(=O)C1. The largest absolute Gasteiger partial charge is 0.352 e. The molecule has 0 radical (unpaired) electrons. The van der Waals surface area contributed by atoms with Crippen molar-refractivity contribution in [2.45, 2.75) is 25.8 Å².